The van der Waals surface area contributed by atoms with Gasteiger partial charge < -0.3 is 28.9 Å². The van der Waals surface area contributed by atoms with E-state index >= 15 is 0 Å². The van der Waals surface area contributed by atoms with Gasteiger partial charge in [-0.25, -0.2) is 4.79 Å². The van der Waals surface area contributed by atoms with E-state index in [0.717, 1.165) is 4.57 Å². The zero-order valence-electron chi connectivity index (χ0n) is 12.1. The number of hydrogen-bond acceptors (Lipinski definition) is 10. The monoisotopic (exact) mass is 351 g/mol. The van der Waals surface area contributed by atoms with Gasteiger partial charge in [0.15, 0.2) is 12.0 Å². The molecule has 23 heavy (non-hydrogen) atoms. The van der Waals surface area contributed by atoms with E-state index in [-0.39, 0.29) is 12.4 Å². The van der Waals surface area contributed by atoms with Crippen molar-refractivity contribution < 1.29 is 34.1 Å². The average Bonchev–Trinajstić information content (AvgIpc) is 2.81. The van der Waals surface area contributed by atoms with Gasteiger partial charge in [-0.05, 0) is 12.4 Å². The van der Waals surface area contributed by atoms with E-state index < -0.39 is 37.8 Å². The lowest BCUT2D eigenvalue weighted by molar-refractivity contribution is -0.0530. The summed E-state index contributed by atoms with van der Waals surface area (Å²) < 4.78 is 16.0. The fourth-order valence-electron chi connectivity index (χ4n) is 2.01. The van der Waals surface area contributed by atoms with E-state index in [9.17, 15) is 19.9 Å². The maximum absolute atomic E-state index is 11.8. The highest BCUT2D eigenvalue weighted by molar-refractivity contribution is 7.58. The molecule has 12 heteroatoms. The fourth-order valence-corrected chi connectivity index (χ4v) is 2.49. The fraction of sp³-hybridized carbons (Fsp3) is 0.545. The molecule has 2 rings (SSSR count). The number of nitrogens with one attached hydrogen (secondary N) is 1. The molecule has 2 heterocycles. The summed E-state index contributed by atoms with van der Waals surface area (Å²) in [5.41, 5.74) is 0.910. The van der Waals surface area contributed by atoms with E-state index in [4.69, 9.17) is 14.5 Å². The molecule has 11 nitrogen and oxygen atoms in total. The molecule has 1 aromatic heterocycles. The van der Waals surface area contributed by atoms with Crippen molar-refractivity contribution in [2.45, 2.75) is 24.5 Å². The molecule has 0 aromatic carbocycles. The maximum atomic E-state index is 11.8. The van der Waals surface area contributed by atoms with E-state index in [1.165, 1.54) is 19.4 Å². The van der Waals surface area contributed by atoms with E-state index in [1.54, 1.807) is 5.48 Å². The number of anilines is 1. The smallest absolute Gasteiger partial charge is 0.351 e. The first-order valence-electron chi connectivity index (χ1n) is 6.46. The SMILES string of the molecule is C=P(O)(OC)OCC1OC(n2ccc(NO)nc2=O)[C@H](O)[C@@H]1O. The van der Waals surface area contributed by atoms with Gasteiger partial charge >= 0.3 is 5.69 Å². The summed E-state index contributed by atoms with van der Waals surface area (Å²) in [6, 6.07) is 1.28. The molecule has 1 aliphatic rings. The van der Waals surface area contributed by atoms with E-state index in [1.807, 2.05) is 0 Å². The second-order valence-electron chi connectivity index (χ2n) is 4.78. The molecule has 5 N–H and O–H groups in total. The van der Waals surface area contributed by atoms with Crippen molar-refractivity contribution in [2.75, 3.05) is 19.2 Å². The Morgan fingerprint density at radius 1 is 1.52 bits per heavy atom. The van der Waals surface area contributed by atoms with Gasteiger partial charge in [0.2, 0.25) is 7.57 Å². The molecule has 0 spiro atoms. The van der Waals surface area contributed by atoms with Crippen molar-refractivity contribution in [1.29, 1.82) is 0 Å². The normalized spacial score (nSPS) is 30.1. The average molecular weight is 351 g/mol. The van der Waals surface area contributed by atoms with Crippen molar-refractivity contribution in [3.05, 3.63) is 22.7 Å². The predicted molar refractivity (Wildman–Crippen MR) is 79.1 cm³/mol. The number of rotatable bonds is 6. The molecule has 0 bridgehead atoms. The number of aromatic nitrogens is 2. The lowest BCUT2D eigenvalue weighted by Crippen LogP contribution is -2.36. The molecular formula is C11H18N3O8P. The Bertz CT molecular complexity index is 652. The number of nitrogens with zero attached hydrogens (tertiary/aromatic N) is 2. The third-order valence-electron chi connectivity index (χ3n) is 3.28. The Balaban J connectivity index is 2.13. The van der Waals surface area contributed by atoms with Gasteiger partial charge in [-0.2, -0.15) is 4.98 Å². The molecule has 1 aromatic rings. The highest BCUT2D eigenvalue weighted by atomic mass is 31.2. The molecule has 0 saturated carbocycles. The Hall–Kier alpha value is -1.30. The first-order valence-corrected chi connectivity index (χ1v) is 8.22. The van der Waals surface area contributed by atoms with Crippen LogP contribution >= 0.6 is 7.57 Å². The van der Waals surface area contributed by atoms with Crippen LogP contribution in [0, 0.1) is 0 Å². The minimum Gasteiger partial charge on any atom is -0.387 e. The third-order valence-corrected chi connectivity index (χ3v) is 4.40. The number of ether oxygens (including phenoxy) is 1. The van der Waals surface area contributed by atoms with Crippen LogP contribution in [0.3, 0.4) is 0 Å². The lowest BCUT2D eigenvalue weighted by atomic mass is 10.1. The van der Waals surface area contributed by atoms with Gasteiger partial charge in [-0.15, -0.1) is 0 Å². The highest BCUT2D eigenvalue weighted by Crippen LogP contribution is 2.42. The third kappa shape index (κ3) is 3.97. The standard InChI is InChI=1S/C11H18N3O8P/c1-20-23(2,19)21-5-6-8(15)9(16)10(22-6)14-4-3-7(13-18)12-11(14)17/h3-4,6,8-10,15-16,18-19H,2,5H2,1H3,(H,12,13,17)/t6?,8-,9-,10?,23?/m1/s1. The second-order valence-corrected chi connectivity index (χ2v) is 6.67. The van der Waals surface area contributed by atoms with E-state index in [2.05, 4.69) is 15.8 Å². The van der Waals surface area contributed by atoms with Crippen molar-refractivity contribution in [1.82, 2.24) is 9.55 Å². The molecule has 130 valence electrons. The molecule has 0 amide bonds. The van der Waals surface area contributed by atoms with Crippen LogP contribution in [0.5, 0.6) is 0 Å². The van der Waals surface area contributed by atoms with E-state index in [0.29, 0.717) is 0 Å². The van der Waals surface area contributed by atoms with Gasteiger partial charge in [0.1, 0.15) is 18.3 Å². The Labute approximate surface area is 130 Å². The molecule has 1 fully saturated rings. The minimum absolute atomic E-state index is 0.0776. The van der Waals surface area contributed by atoms with Crippen LogP contribution in [0.2, 0.25) is 0 Å². The van der Waals surface area contributed by atoms with Crippen LogP contribution < -0.4 is 11.2 Å². The molecule has 1 aliphatic heterocycles. The van der Waals surface area contributed by atoms with Crippen LogP contribution in [0.4, 0.5) is 5.82 Å². The number of aliphatic hydroxyl groups is 2. The summed E-state index contributed by atoms with van der Waals surface area (Å²) >= 11 is 0. The Morgan fingerprint density at radius 2 is 2.22 bits per heavy atom. The molecular weight excluding hydrogens is 333 g/mol. The molecule has 0 aliphatic carbocycles. The van der Waals surface area contributed by atoms with Crippen LogP contribution in [0.1, 0.15) is 6.23 Å². The summed E-state index contributed by atoms with van der Waals surface area (Å²) in [5.74, 6) is -0.0776. The minimum atomic E-state index is -3.27. The van der Waals surface area contributed by atoms with Crippen LogP contribution in [0.25, 0.3) is 0 Å². The van der Waals surface area contributed by atoms with Crippen molar-refractivity contribution in [3.63, 3.8) is 0 Å². The predicted octanol–water partition coefficient (Wildman–Crippen LogP) is -1.49. The van der Waals surface area contributed by atoms with Crippen molar-refractivity contribution >= 4 is 19.7 Å². The first kappa shape index (κ1) is 18.0. The van der Waals surface area contributed by atoms with Crippen LogP contribution in [-0.2, 0) is 13.8 Å². The summed E-state index contributed by atoms with van der Waals surface area (Å²) in [7, 11) is -2.06. The lowest BCUT2D eigenvalue weighted by Gasteiger charge is -2.20. The Morgan fingerprint density at radius 3 is 2.78 bits per heavy atom. The summed E-state index contributed by atoms with van der Waals surface area (Å²) in [5, 5.41) is 28.7. The van der Waals surface area contributed by atoms with Gasteiger partial charge in [-0.1, -0.05) is 0 Å². The Kier molecular flexibility index (Phi) is 5.55. The van der Waals surface area contributed by atoms with Gasteiger partial charge in [-0.3, -0.25) is 15.3 Å². The number of aliphatic hydroxyl groups excluding tert-OH is 2. The summed E-state index contributed by atoms with van der Waals surface area (Å²) in [4.78, 5) is 24.9. The molecule has 5 atom stereocenters. The van der Waals surface area contributed by atoms with Gasteiger partial charge in [0.25, 0.3) is 0 Å². The topological polar surface area (TPSA) is 156 Å². The second kappa shape index (κ2) is 7.07. The van der Waals surface area contributed by atoms with Crippen LogP contribution in [-0.4, -0.2) is 68.2 Å². The van der Waals surface area contributed by atoms with Crippen molar-refractivity contribution in [2.24, 2.45) is 0 Å². The first-order chi connectivity index (χ1) is 10.8. The maximum Gasteiger partial charge on any atom is 0.351 e. The number of hydrogen-bond donors (Lipinski definition) is 5. The van der Waals surface area contributed by atoms with Gasteiger partial charge in [0, 0.05) is 13.3 Å². The largest absolute Gasteiger partial charge is 0.387 e. The molecule has 1 saturated heterocycles. The van der Waals surface area contributed by atoms with Crippen LogP contribution in [0.15, 0.2) is 17.1 Å². The quantitative estimate of drug-likeness (QED) is 0.302. The highest BCUT2D eigenvalue weighted by Gasteiger charge is 2.44. The zero-order chi connectivity index (χ0) is 17.2. The van der Waals surface area contributed by atoms with Crippen molar-refractivity contribution in [3.8, 4) is 0 Å². The zero-order valence-corrected chi connectivity index (χ0v) is 13.0. The summed E-state index contributed by atoms with van der Waals surface area (Å²) in [6.45, 7) is -0.297. The molecule has 0 radical (unpaired) electrons. The van der Waals surface area contributed by atoms with Gasteiger partial charge in [0.05, 0.1) is 6.61 Å². The summed E-state index contributed by atoms with van der Waals surface area (Å²) in [6.07, 6.45) is -0.435. The molecule has 3 unspecified atom stereocenters.